The van der Waals surface area contributed by atoms with Crippen molar-refractivity contribution >= 4 is 5.91 Å². The van der Waals surface area contributed by atoms with Gasteiger partial charge in [0.1, 0.15) is 0 Å². The van der Waals surface area contributed by atoms with Gasteiger partial charge in [0.25, 0.3) is 5.91 Å². The topological polar surface area (TPSA) is 61.8 Å². The van der Waals surface area contributed by atoms with E-state index < -0.39 is 12.2 Å². The van der Waals surface area contributed by atoms with E-state index in [0.29, 0.717) is 13.0 Å². The van der Waals surface area contributed by atoms with Crippen molar-refractivity contribution in [2.75, 3.05) is 20.1 Å². The van der Waals surface area contributed by atoms with Crippen LogP contribution in [-0.2, 0) is 9.53 Å². The Morgan fingerprint density at radius 3 is 2.85 bits per heavy atom. The first kappa shape index (κ1) is 17.0. The molecule has 1 fully saturated rings. The molecular formula is C15H26N2O3. The van der Waals surface area contributed by atoms with Crippen molar-refractivity contribution in [3.63, 3.8) is 0 Å². The Hall–Kier alpha value is -1.09. The van der Waals surface area contributed by atoms with Crippen LogP contribution in [0.3, 0.4) is 0 Å². The molecule has 5 nitrogen and oxygen atoms in total. The van der Waals surface area contributed by atoms with Crippen molar-refractivity contribution in [2.24, 2.45) is 0 Å². The maximum absolute atomic E-state index is 12.0. The second-order valence-electron chi connectivity index (χ2n) is 5.72. The van der Waals surface area contributed by atoms with Crippen LogP contribution in [0, 0.1) is 12.3 Å². The van der Waals surface area contributed by atoms with Gasteiger partial charge in [0.15, 0.2) is 6.10 Å². The van der Waals surface area contributed by atoms with Crippen LogP contribution < -0.4 is 5.32 Å². The standard InChI is InChI=1S/C15H26N2O3/c1-5-9-17(4)10-8-12-6-7-13(18)14(20-12)15(19)16-11(2)3/h1,11-14,18H,6-10H2,2-4H3,(H,16,19)/t12-,13-,14-/m0/s1. The Morgan fingerprint density at radius 1 is 1.55 bits per heavy atom. The van der Waals surface area contributed by atoms with E-state index in [1.807, 2.05) is 25.8 Å². The first-order valence-electron chi connectivity index (χ1n) is 7.20. The number of terminal acetylenes is 1. The van der Waals surface area contributed by atoms with E-state index in [-0.39, 0.29) is 18.1 Å². The van der Waals surface area contributed by atoms with Gasteiger partial charge in [-0.15, -0.1) is 6.42 Å². The number of aliphatic hydroxyl groups is 1. The molecule has 0 spiro atoms. The summed E-state index contributed by atoms with van der Waals surface area (Å²) in [6.07, 6.45) is 5.97. The van der Waals surface area contributed by atoms with E-state index in [4.69, 9.17) is 11.2 Å². The van der Waals surface area contributed by atoms with Gasteiger partial charge in [0.2, 0.25) is 0 Å². The number of amides is 1. The molecule has 0 saturated carbocycles. The molecule has 0 bridgehead atoms. The van der Waals surface area contributed by atoms with E-state index in [2.05, 4.69) is 11.2 Å². The van der Waals surface area contributed by atoms with Crippen molar-refractivity contribution < 1.29 is 14.6 Å². The number of carbonyl (C=O) groups is 1. The van der Waals surface area contributed by atoms with Gasteiger partial charge in [0, 0.05) is 12.6 Å². The Balaban J connectivity index is 2.45. The molecule has 5 heteroatoms. The number of nitrogens with one attached hydrogen (secondary N) is 1. The van der Waals surface area contributed by atoms with E-state index in [1.165, 1.54) is 0 Å². The molecule has 1 rings (SSSR count). The van der Waals surface area contributed by atoms with Gasteiger partial charge in [-0.25, -0.2) is 0 Å². The average molecular weight is 282 g/mol. The van der Waals surface area contributed by atoms with Crippen molar-refractivity contribution in [2.45, 2.75) is 57.5 Å². The summed E-state index contributed by atoms with van der Waals surface area (Å²) in [4.78, 5) is 14.0. The summed E-state index contributed by atoms with van der Waals surface area (Å²) in [5, 5.41) is 12.7. The summed E-state index contributed by atoms with van der Waals surface area (Å²) in [6, 6.07) is 0.0421. The van der Waals surface area contributed by atoms with E-state index >= 15 is 0 Å². The maximum Gasteiger partial charge on any atom is 0.252 e. The highest BCUT2D eigenvalue weighted by molar-refractivity contribution is 5.81. The van der Waals surface area contributed by atoms with Crippen LogP contribution in [0.1, 0.15) is 33.1 Å². The quantitative estimate of drug-likeness (QED) is 0.691. The summed E-state index contributed by atoms with van der Waals surface area (Å²) in [7, 11) is 1.96. The molecule has 0 aliphatic carbocycles. The Kier molecular flexibility index (Phi) is 7.00. The molecular weight excluding hydrogens is 256 g/mol. The molecule has 0 unspecified atom stereocenters. The van der Waals surface area contributed by atoms with Crippen LogP contribution in [0.4, 0.5) is 0 Å². The smallest absolute Gasteiger partial charge is 0.252 e. The maximum atomic E-state index is 12.0. The number of ether oxygens (including phenoxy) is 1. The summed E-state index contributed by atoms with van der Waals surface area (Å²) in [6.45, 7) is 5.20. The first-order chi connectivity index (χ1) is 9.43. The molecule has 1 aliphatic rings. The van der Waals surface area contributed by atoms with Crippen LogP contribution >= 0.6 is 0 Å². The minimum Gasteiger partial charge on any atom is -0.390 e. The number of hydrogen-bond donors (Lipinski definition) is 2. The molecule has 0 aromatic heterocycles. The number of aliphatic hydroxyl groups excluding tert-OH is 1. The Labute approximate surface area is 121 Å². The van der Waals surface area contributed by atoms with Crippen molar-refractivity contribution in [3.05, 3.63) is 0 Å². The third-order valence-corrected chi connectivity index (χ3v) is 3.36. The van der Waals surface area contributed by atoms with Gasteiger partial charge in [0.05, 0.1) is 18.8 Å². The predicted octanol–water partition coefficient (Wildman–Crippen LogP) is 0.375. The average Bonchev–Trinajstić information content (AvgIpc) is 2.37. The SMILES string of the molecule is C#CCN(C)CC[C@@H]1CC[C@H](O)[C@@H](C(=O)NC(C)C)O1. The van der Waals surface area contributed by atoms with Crippen molar-refractivity contribution in [1.82, 2.24) is 10.2 Å². The van der Waals surface area contributed by atoms with Crippen molar-refractivity contribution in [1.29, 1.82) is 0 Å². The van der Waals surface area contributed by atoms with Crippen LogP contribution in [0.2, 0.25) is 0 Å². The molecule has 2 N–H and O–H groups in total. The van der Waals surface area contributed by atoms with Gasteiger partial charge in [-0.05, 0) is 40.2 Å². The predicted molar refractivity (Wildman–Crippen MR) is 78.1 cm³/mol. The van der Waals surface area contributed by atoms with Gasteiger partial charge >= 0.3 is 0 Å². The molecule has 3 atom stereocenters. The normalized spacial score (nSPS) is 26.6. The monoisotopic (exact) mass is 282 g/mol. The fraction of sp³-hybridized carbons (Fsp3) is 0.800. The van der Waals surface area contributed by atoms with Crippen LogP contribution in [0.15, 0.2) is 0 Å². The third kappa shape index (κ3) is 5.49. The van der Waals surface area contributed by atoms with Gasteiger partial charge in [-0.3, -0.25) is 9.69 Å². The minimum atomic E-state index is -0.755. The molecule has 0 aromatic rings. The lowest BCUT2D eigenvalue weighted by Gasteiger charge is -2.34. The lowest BCUT2D eigenvalue weighted by atomic mass is 9.98. The van der Waals surface area contributed by atoms with E-state index in [1.54, 1.807) is 0 Å². The third-order valence-electron chi connectivity index (χ3n) is 3.36. The zero-order chi connectivity index (χ0) is 15.1. The van der Waals surface area contributed by atoms with E-state index in [0.717, 1.165) is 19.4 Å². The zero-order valence-corrected chi connectivity index (χ0v) is 12.6. The lowest BCUT2D eigenvalue weighted by Crippen LogP contribution is -2.50. The highest BCUT2D eigenvalue weighted by atomic mass is 16.5. The Morgan fingerprint density at radius 2 is 2.25 bits per heavy atom. The summed E-state index contributed by atoms with van der Waals surface area (Å²) in [5.41, 5.74) is 0. The fourth-order valence-corrected chi connectivity index (χ4v) is 2.29. The van der Waals surface area contributed by atoms with Crippen LogP contribution in [-0.4, -0.2) is 60.4 Å². The molecule has 1 aliphatic heterocycles. The van der Waals surface area contributed by atoms with Crippen LogP contribution in [0.5, 0.6) is 0 Å². The van der Waals surface area contributed by atoms with Gasteiger partial charge in [-0.1, -0.05) is 5.92 Å². The molecule has 0 radical (unpaired) electrons. The lowest BCUT2D eigenvalue weighted by molar-refractivity contribution is -0.159. The second-order valence-corrected chi connectivity index (χ2v) is 5.72. The highest BCUT2D eigenvalue weighted by Crippen LogP contribution is 2.22. The number of rotatable bonds is 6. The number of carbonyl (C=O) groups excluding carboxylic acids is 1. The second kappa shape index (κ2) is 8.25. The summed E-state index contributed by atoms with van der Waals surface area (Å²) < 4.78 is 5.75. The fourth-order valence-electron chi connectivity index (χ4n) is 2.29. The van der Waals surface area contributed by atoms with Crippen molar-refractivity contribution in [3.8, 4) is 12.3 Å². The summed E-state index contributed by atoms with van der Waals surface area (Å²) in [5.74, 6) is 2.36. The number of hydrogen-bond acceptors (Lipinski definition) is 4. The minimum absolute atomic E-state index is 0.00142. The van der Waals surface area contributed by atoms with Gasteiger partial charge < -0.3 is 15.2 Å². The van der Waals surface area contributed by atoms with E-state index in [9.17, 15) is 9.90 Å². The molecule has 0 aromatic carbocycles. The van der Waals surface area contributed by atoms with Crippen LogP contribution in [0.25, 0.3) is 0 Å². The molecule has 1 amide bonds. The largest absolute Gasteiger partial charge is 0.390 e. The molecule has 114 valence electrons. The summed E-state index contributed by atoms with van der Waals surface area (Å²) >= 11 is 0. The Bertz CT molecular complexity index is 352. The highest BCUT2D eigenvalue weighted by Gasteiger charge is 2.35. The molecule has 1 heterocycles. The van der Waals surface area contributed by atoms with Gasteiger partial charge in [-0.2, -0.15) is 0 Å². The molecule has 20 heavy (non-hydrogen) atoms. The number of nitrogens with zero attached hydrogens (tertiary/aromatic N) is 1. The zero-order valence-electron chi connectivity index (χ0n) is 12.6. The first-order valence-corrected chi connectivity index (χ1v) is 7.20. The molecule has 1 saturated heterocycles.